The van der Waals surface area contributed by atoms with Crippen LogP contribution in [0.1, 0.15) is 38.2 Å². The van der Waals surface area contributed by atoms with Gasteiger partial charge in [0.1, 0.15) is 5.82 Å². The van der Waals surface area contributed by atoms with Crippen molar-refractivity contribution < 1.29 is 9.18 Å². The Balaban J connectivity index is 2.62. The molecule has 2 aromatic rings. The molecule has 2 aromatic carbocycles. The van der Waals surface area contributed by atoms with Gasteiger partial charge in [-0.25, -0.2) is 4.39 Å². The molecule has 0 aliphatic heterocycles. The topological polar surface area (TPSA) is 17.1 Å². The van der Waals surface area contributed by atoms with Crippen molar-refractivity contribution in [2.24, 2.45) is 0 Å². The number of ketones is 1. The summed E-state index contributed by atoms with van der Waals surface area (Å²) in [5.41, 5.74) is 5.16. The Morgan fingerprint density at radius 1 is 1.00 bits per heavy atom. The number of halogens is 2. The summed E-state index contributed by atoms with van der Waals surface area (Å²) < 4.78 is 13.2. The van der Waals surface area contributed by atoms with Gasteiger partial charge in [0.05, 0.1) is 5.02 Å². The number of rotatable bonds is 2. The minimum atomic E-state index is -0.517. The predicted octanol–water partition coefficient (Wildman–Crippen LogP) is 4.94. The van der Waals surface area contributed by atoms with E-state index < -0.39 is 5.82 Å². The van der Waals surface area contributed by atoms with Crippen molar-refractivity contribution in [2.75, 3.05) is 0 Å². The number of aryl methyl sites for hydroxylation is 2. The summed E-state index contributed by atoms with van der Waals surface area (Å²) in [5, 5.41) is -0.0319. The van der Waals surface area contributed by atoms with Crippen LogP contribution in [0.25, 0.3) is 0 Å². The summed E-state index contributed by atoms with van der Waals surface area (Å²) >= 11 is 5.76. The Morgan fingerprint density at radius 2 is 1.55 bits per heavy atom. The van der Waals surface area contributed by atoms with E-state index in [-0.39, 0.29) is 10.8 Å². The zero-order valence-corrected chi connectivity index (χ0v) is 12.7. The standard InChI is InChI=1S/C17H16ClFO/c1-9-7-10(2)12(4)16(11(9)3)17(20)13-5-6-15(19)14(18)8-13/h5-8H,1-4H3. The van der Waals surface area contributed by atoms with E-state index in [1.807, 2.05) is 27.7 Å². The van der Waals surface area contributed by atoms with E-state index in [2.05, 4.69) is 6.07 Å². The van der Waals surface area contributed by atoms with Gasteiger partial charge in [-0.3, -0.25) is 4.79 Å². The van der Waals surface area contributed by atoms with Gasteiger partial charge in [-0.15, -0.1) is 0 Å². The van der Waals surface area contributed by atoms with Crippen molar-refractivity contribution >= 4 is 17.4 Å². The van der Waals surface area contributed by atoms with Crippen LogP contribution in [0.2, 0.25) is 5.02 Å². The lowest BCUT2D eigenvalue weighted by atomic mass is 9.89. The summed E-state index contributed by atoms with van der Waals surface area (Å²) in [6.45, 7) is 7.83. The molecule has 0 amide bonds. The van der Waals surface area contributed by atoms with Gasteiger partial charge in [0.25, 0.3) is 0 Å². The van der Waals surface area contributed by atoms with Crippen molar-refractivity contribution in [3.8, 4) is 0 Å². The third-order valence-electron chi connectivity index (χ3n) is 3.77. The first-order valence-corrected chi connectivity index (χ1v) is 6.78. The Morgan fingerprint density at radius 3 is 2.05 bits per heavy atom. The molecule has 3 heteroatoms. The van der Waals surface area contributed by atoms with E-state index in [1.165, 1.54) is 18.2 Å². The van der Waals surface area contributed by atoms with Gasteiger partial charge >= 0.3 is 0 Å². The second kappa shape index (κ2) is 5.37. The van der Waals surface area contributed by atoms with Gasteiger partial charge in [0, 0.05) is 11.1 Å². The maximum Gasteiger partial charge on any atom is 0.193 e. The molecule has 0 aliphatic rings. The lowest BCUT2D eigenvalue weighted by Gasteiger charge is -2.14. The molecule has 0 atom stereocenters. The van der Waals surface area contributed by atoms with Crippen LogP contribution in [0.3, 0.4) is 0 Å². The van der Waals surface area contributed by atoms with Crippen molar-refractivity contribution in [3.63, 3.8) is 0 Å². The molecule has 0 bridgehead atoms. The van der Waals surface area contributed by atoms with Crippen molar-refractivity contribution in [3.05, 3.63) is 68.5 Å². The smallest absolute Gasteiger partial charge is 0.193 e. The number of benzene rings is 2. The van der Waals surface area contributed by atoms with Crippen molar-refractivity contribution in [1.82, 2.24) is 0 Å². The molecule has 0 saturated carbocycles. The maximum absolute atomic E-state index is 13.2. The molecule has 0 unspecified atom stereocenters. The molecule has 1 nitrogen and oxygen atoms in total. The molecule has 0 aliphatic carbocycles. The minimum Gasteiger partial charge on any atom is -0.289 e. The van der Waals surface area contributed by atoms with Crippen LogP contribution in [-0.4, -0.2) is 5.78 Å². The van der Waals surface area contributed by atoms with Crippen LogP contribution in [0.15, 0.2) is 24.3 Å². The largest absolute Gasteiger partial charge is 0.289 e. The first-order chi connectivity index (χ1) is 9.32. The Hall–Kier alpha value is -1.67. The number of hydrogen-bond acceptors (Lipinski definition) is 1. The van der Waals surface area contributed by atoms with Crippen molar-refractivity contribution in [2.45, 2.75) is 27.7 Å². The molecule has 20 heavy (non-hydrogen) atoms. The average molecular weight is 291 g/mol. The lowest BCUT2D eigenvalue weighted by Crippen LogP contribution is -2.09. The van der Waals surface area contributed by atoms with E-state index in [4.69, 9.17) is 11.6 Å². The predicted molar refractivity (Wildman–Crippen MR) is 80.2 cm³/mol. The highest BCUT2D eigenvalue weighted by Crippen LogP contribution is 2.26. The molecule has 0 spiro atoms. The molecule has 2 rings (SSSR count). The van der Waals surface area contributed by atoms with Gasteiger partial charge in [-0.2, -0.15) is 0 Å². The summed E-state index contributed by atoms with van der Waals surface area (Å²) in [4.78, 5) is 12.7. The van der Waals surface area contributed by atoms with E-state index >= 15 is 0 Å². The molecular formula is C17H16ClFO. The van der Waals surface area contributed by atoms with Gasteiger partial charge < -0.3 is 0 Å². The van der Waals surface area contributed by atoms with Gasteiger partial charge in [-0.05, 0) is 68.1 Å². The Labute approximate surface area is 123 Å². The fourth-order valence-corrected chi connectivity index (χ4v) is 2.52. The summed E-state index contributed by atoms with van der Waals surface area (Å²) in [7, 11) is 0. The summed E-state index contributed by atoms with van der Waals surface area (Å²) in [6, 6.07) is 6.15. The first kappa shape index (κ1) is 14.7. The molecule has 0 radical (unpaired) electrons. The zero-order valence-electron chi connectivity index (χ0n) is 12.0. The highest BCUT2D eigenvalue weighted by molar-refractivity contribution is 6.31. The fourth-order valence-electron chi connectivity index (χ4n) is 2.34. The van der Waals surface area contributed by atoms with E-state index in [1.54, 1.807) is 0 Å². The molecule has 0 heterocycles. The van der Waals surface area contributed by atoms with Crippen LogP contribution in [0.5, 0.6) is 0 Å². The van der Waals surface area contributed by atoms with Gasteiger partial charge in [0.2, 0.25) is 0 Å². The number of hydrogen-bond donors (Lipinski definition) is 0. The second-order valence-corrected chi connectivity index (χ2v) is 5.50. The quantitative estimate of drug-likeness (QED) is 0.716. The SMILES string of the molecule is Cc1cc(C)c(C)c(C(=O)c2ccc(F)c(Cl)c2)c1C. The highest BCUT2D eigenvalue weighted by Gasteiger charge is 2.18. The zero-order chi connectivity index (χ0) is 15.0. The highest BCUT2D eigenvalue weighted by atomic mass is 35.5. The average Bonchev–Trinajstić information content (AvgIpc) is 2.40. The molecular weight excluding hydrogens is 275 g/mol. The van der Waals surface area contributed by atoms with Crippen LogP contribution >= 0.6 is 11.6 Å². The Bertz CT molecular complexity index is 678. The number of carbonyl (C=O) groups excluding carboxylic acids is 1. The van der Waals surface area contributed by atoms with Gasteiger partial charge in [0.15, 0.2) is 5.78 Å². The first-order valence-electron chi connectivity index (χ1n) is 6.40. The summed E-state index contributed by atoms with van der Waals surface area (Å²) in [6.07, 6.45) is 0. The van der Waals surface area contributed by atoms with E-state index in [9.17, 15) is 9.18 Å². The lowest BCUT2D eigenvalue weighted by molar-refractivity contribution is 0.103. The second-order valence-electron chi connectivity index (χ2n) is 5.09. The third kappa shape index (κ3) is 2.48. The van der Waals surface area contributed by atoms with Crippen LogP contribution in [0, 0.1) is 33.5 Å². The molecule has 104 valence electrons. The van der Waals surface area contributed by atoms with Crippen LogP contribution in [0.4, 0.5) is 4.39 Å². The van der Waals surface area contributed by atoms with Crippen molar-refractivity contribution in [1.29, 1.82) is 0 Å². The normalized spacial score (nSPS) is 10.7. The molecule has 0 fully saturated rings. The third-order valence-corrected chi connectivity index (χ3v) is 4.06. The maximum atomic E-state index is 13.2. The van der Waals surface area contributed by atoms with E-state index in [0.717, 1.165) is 22.3 Å². The van der Waals surface area contributed by atoms with Crippen LogP contribution < -0.4 is 0 Å². The monoisotopic (exact) mass is 290 g/mol. The van der Waals surface area contributed by atoms with E-state index in [0.29, 0.717) is 11.1 Å². The molecule has 0 saturated heterocycles. The fraction of sp³-hybridized carbons (Fsp3) is 0.235. The summed E-state index contributed by atoms with van der Waals surface area (Å²) in [5.74, 6) is -0.634. The molecule has 0 N–H and O–H groups in total. The Kier molecular flexibility index (Phi) is 3.96. The molecule has 0 aromatic heterocycles. The van der Waals surface area contributed by atoms with Gasteiger partial charge in [-0.1, -0.05) is 17.7 Å². The number of carbonyl (C=O) groups is 1. The van der Waals surface area contributed by atoms with Crippen LogP contribution in [-0.2, 0) is 0 Å². The minimum absolute atomic E-state index is 0.0319.